The van der Waals surface area contributed by atoms with E-state index in [2.05, 4.69) is 11.2 Å². The Hall–Kier alpha value is -3.03. The molecule has 2 heterocycles. The highest BCUT2D eigenvalue weighted by Gasteiger charge is 2.32. The van der Waals surface area contributed by atoms with Crippen LogP contribution in [0.4, 0.5) is 4.39 Å². The first-order valence-corrected chi connectivity index (χ1v) is 11.5. The molecule has 1 atom stereocenters. The van der Waals surface area contributed by atoms with Crippen LogP contribution < -0.4 is 5.73 Å². The Morgan fingerprint density at radius 1 is 1.24 bits per heavy atom. The number of rotatable bonds is 9. The average molecular weight is 449 g/mol. The van der Waals surface area contributed by atoms with Crippen molar-refractivity contribution >= 4 is 5.91 Å². The highest BCUT2D eigenvalue weighted by molar-refractivity contribution is 5.99. The van der Waals surface area contributed by atoms with Crippen molar-refractivity contribution in [2.45, 2.75) is 38.5 Å². The van der Waals surface area contributed by atoms with Crippen LogP contribution in [0.2, 0.25) is 0 Å². The van der Waals surface area contributed by atoms with Crippen LogP contribution in [0.25, 0.3) is 11.3 Å². The number of fused-ring (bicyclic) bond motifs is 1. The third kappa shape index (κ3) is 4.56. The third-order valence-electron chi connectivity index (χ3n) is 6.61. The summed E-state index contributed by atoms with van der Waals surface area (Å²) >= 11 is 0. The van der Waals surface area contributed by atoms with Crippen LogP contribution in [0.15, 0.2) is 48.7 Å². The number of nitrogens with two attached hydrogens (primary N) is 1. The van der Waals surface area contributed by atoms with Crippen molar-refractivity contribution in [1.82, 2.24) is 14.7 Å². The predicted octanol–water partition coefficient (Wildman–Crippen LogP) is 3.68. The lowest BCUT2D eigenvalue weighted by Gasteiger charge is -2.26. The van der Waals surface area contributed by atoms with Crippen LogP contribution in [0.1, 0.15) is 39.9 Å². The summed E-state index contributed by atoms with van der Waals surface area (Å²) in [6, 6.07) is 12.2. The van der Waals surface area contributed by atoms with Gasteiger partial charge in [-0.3, -0.25) is 9.48 Å². The van der Waals surface area contributed by atoms with Gasteiger partial charge in [0.15, 0.2) is 0 Å². The molecule has 1 fully saturated rings. The molecule has 7 heteroatoms. The van der Waals surface area contributed by atoms with Gasteiger partial charge >= 0.3 is 0 Å². The van der Waals surface area contributed by atoms with Crippen molar-refractivity contribution in [2.24, 2.45) is 18.7 Å². The molecular formula is C26H29FN4O2. The summed E-state index contributed by atoms with van der Waals surface area (Å²) in [6.45, 7) is 2.14. The number of hydrogen-bond acceptors (Lipinski definition) is 4. The van der Waals surface area contributed by atoms with E-state index >= 15 is 0 Å². The Morgan fingerprint density at radius 2 is 2.09 bits per heavy atom. The van der Waals surface area contributed by atoms with Crippen LogP contribution in [-0.4, -0.2) is 39.8 Å². The molecule has 0 bridgehead atoms. The first-order valence-electron chi connectivity index (χ1n) is 11.5. The first-order chi connectivity index (χ1) is 16.0. The van der Waals surface area contributed by atoms with E-state index in [9.17, 15) is 9.18 Å². The van der Waals surface area contributed by atoms with Gasteiger partial charge in [-0.15, -0.1) is 0 Å². The van der Waals surface area contributed by atoms with Crippen molar-refractivity contribution < 1.29 is 13.9 Å². The summed E-state index contributed by atoms with van der Waals surface area (Å²) in [5.74, 6) is 0.406. The lowest BCUT2D eigenvalue weighted by molar-refractivity contribution is 0.0708. The summed E-state index contributed by atoms with van der Waals surface area (Å²) in [5, 5.41) is 4.44. The number of halogens is 1. The van der Waals surface area contributed by atoms with Crippen LogP contribution in [0, 0.1) is 11.7 Å². The predicted molar refractivity (Wildman–Crippen MR) is 124 cm³/mol. The minimum Gasteiger partial charge on any atom is -0.376 e. The fourth-order valence-corrected chi connectivity index (χ4v) is 4.62. The van der Waals surface area contributed by atoms with Crippen molar-refractivity contribution in [3.8, 4) is 11.3 Å². The molecule has 1 aliphatic carbocycles. The highest BCUT2D eigenvalue weighted by atomic mass is 19.1. The summed E-state index contributed by atoms with van der Waals surface area (Å²) in [6.07, 6.45) is 4.90. The van der Waals surface area contributed by atoms with Crippen LogP contribution in [0.5, 0.6) is 0 Å². The van der Waals surface area contributed by atoms with E-state index in [-0.39, 0.29) is 17.8 Å². The van der Waals surface area contributed by atoms with Crippen LogP contribution in [0.3, 0.4) is 0 Å². The van der Waals surface area contributed by atoms with Gasteiger partial charge in [0.2, 0.25) is 0 Å². The van der Waals surface area contributed by atoms with Crippen molar-refractivity contribution in [3.63, 3.8) is 0 Å². The van der Waals surface area contributed by atoms with Gasteiger partial charge in [0, 0.05) is 49.5 Å². The largest absolute Gasteiger partial charge is 0.376 e. The van der Waals surface area contributed by atoms with E-state index in [0.717, 1.165) is 34.6 Å². The van der Waals surface area contributed by atoms with E-state index in [0.29, 0.717) is 37.6 Å². The molecule has 6 nitrogen and oxygen atoms in total. The molecule has 5 rings (SSSR count). The molecule has 3 aromatic rings. The average Bonchev–Trinajstić information content (AvgIpc) is 3.48. The molecule has 1 amide bonds. The maximum atomic E-state index is 13.6. The fourth-order valence-electron chi connectivity index (χ4n) is 4.62. The fraction of sp³-hybridized carbons (Fsp3) is 0.385. The minimum atomic E-state index is -0.281. The Labute approximate surface area is 193 Å². The Kier molecular flexibility index (Phi) is 6.00. The molecule has 33 heavy (non-hydrogen) atoms. The van der Waals surface area contributed by atoms with Crippen molar-refractivity contribution in [2.75, 3.05) is 13.2 Å². The standard InChI is InChI=1S/C26H29FN4O2/c1-30-25(21(13-29-30)16-33-15-17-5-6-17)19-7-8-24-20(11-19)14-31(26(24)32)23(12-28)10-18-3-2-4-22(27)9-18/h2-4,7-9,11,13,17,23H,5-6,10,12,14-16,28H2,1H3/t23-/m0/s1. The molecule has 2 aromatic carbocycles. The van der Waals surface area contributed by atoms with E-state index in [1.165, 1.54) is 25.0 Å². The van der Waals surface area contributed by atoms with E-state index < -0.39 is 0 Å². The molecule has 0 spiro atoms. The molecule has 172 valence electrons. The van der Waals surface area contributed by atoms with Crippen LogP contribution >= 0.6 is 0 Å². The zero-order valence-corrected chi connectivity index (χ0v) is 18.8. The van der Waals surface area contributed by atoms with Gasteiger partial charge < -0.3 is 15.4 Å². The smallest absolute Gasteiger partial charge is 0.254 e. The quantitative estimate of drug-likeness (QED) is 0.542. The Bertz CT molecular complexity index is 1170. The molecule has 0 radical (unpaired) electrons. The molecule has 1 saturated carbocycles. The van der Waals surface area contributed by atoms with Crippen molar-refractivity contribution in [3.05, 3.63) is 76.7 Å². The zero-order valence-electron chi connectivity index (χ0n) is 18.8. The maximum absolute atomic E-state index is 13.6. The summed E-state index contributed by atoms with van der Waals surface area (Å²) in [5.41, 5.74) is 11.6. The number of aryl methyl sites for hydroxylation is 1. The number of ether oxygens (including phenoxy) is 1. The number of amides is 1. The van der Waals surface area contributed by atoms with Gasteiger partial charge in [-0.2, -0.15) is 5.10 Å². The molecule has 2 aliphatic rings. The Morgan fingerprint density at radius 3 is 2.85 bits per heavy atom. The van der Waals surface area contributed by atoms with E-state index in [4.69, 9.17) is 10.5 Å². The topological polar surface area (TPSA) is 73.4 Å². The van der Waals surface area contributed by atoms with Crippen molar-refractivity contribution in [1.29, 1.82) is 0 Å². The first kappa shape index (κ1) is 21.8. The van der Waals surface area contributed by atoms with Gasteiger partial charge in [-0.05, 0) is 60.6 Å². The number of aromatic nitrogens is 2. The second kappa shape index (κ2) is 9.08. The molecular weight excluding hydrogens is 419 g/mol. The molecule has 0 unspecified atom stereocenters. The summed E-state index contributed by atoms with van der Waals surface area (Å²) in [7, 11) is 1.92. The van der Waals surface area contributed by atoms with Crippen LogP contribution in [-0.2, 0) is 31.4 Å². The Balaban J connectivity index is 1.35. The molecule has 0 saturated heterocycles. The van der Waals surface area contributed by atoms with E-state index in [1.807, 2.05) is 41.0 Å². The minimum absolute atomic E-state index is 0.0265. The SMILES string of the molecule is Cn1ncc(COCC2CC2)c1-c1ccc2c(c1)CN([C@H](CN)Cc1cccc(F)c1)C2=O. The second-order valence-electron chi connectivity index (χ2n) is 9.13. The number of carbonyl (C=O) groups excluding carboxylic acids is 1. The lowest BCUT2D eigenvalue weighted by Crippen LogP contribution is -2.42. The number of nitrogens with zero attached hydrogens (tertiary/aromatic N) is 3. The normalized spacial score (nSPS) is 16.3. The van der Waals surface area contributed by atoms with Gasteiger partial charge in [-0.25, -0.2) is 4.39 Å². The summed E-state index contributed by atoms with van der Waals surface area (Å²) in [4.78, 5) is 15.0. The molecule has 1 aromatic heterocycles. The van der Waals surface area contributed by atoms with Gasteiger partial charge in [-0.1, -0.05) is 18.2 Å². The monoisotopic (exact) mass is 448 g/mol. The van der Waals surface area contributed by atoms with Gasteiger partial charge in [0.25, 0.3) is 5.91 Å². The third-order valence-corrected chi connectivity index (χ3v) is 6.61. The number of hydrogen-bond donors (Lipinski definition) is 1. The highest BCUT2D eigenvalue weighted by Crippen LogP contribution is 2.33. The maximum Gasteiger partial charge on any atom is 0.254 e. The van der Waals surface area contributed by atoms with Gasteiger partial charge in [0.05, 0.1) is 18.5 Å². The van der Waals surface area contributed by atoms with Gasteiger partial charge in [0.1, 0.15) is 5.82 Å². The zero-order chi connectivity index (χ0) is 22.9. The molecule has 2 N–H and O–H groups in total. The second-order valence-corrected chi connectivity index (χ2v) is 9.13. The number of carbonyl (C=O) groups is 1. The molecule has 1 aliphatic heterocycles. The summed E-state index contributed by atoms with van der Waals surface area (Å²) < 4.78 is 21.4. The van der Waals surface area contributed by atoms with E-state index in [1.54, 1.807) is 6.07 Å². The lowest BCUT2D eigenvalue weighted by atomic mass is 10.0. The number of benzene rings is 2.